The number of ether oxygens (including phenoxy) is 1. The lowest BCUT2D eigenvalue weighted by Crippen LogP contribution is -2.43. The first-order valence-corrected chi connectivity index (χ1v) is 9.35. The van der Waals surface area contributed by atoms with Crippen LogP contribution in [0.4, 0.5) is 0 Å². The van der Waals surface area contributed by atoms with Crippen LogP contribution in [0, 0.1) is 5.92 Å². The highest BCUT2D eigenvalue weighted by Crippen LogP contribution is 2.50. The third-order valence-corrected chi connectivity index (χ3v) is 6.28. The van der Waals surface area contributed by atoms with Gasteiger partial charge in [-0.25, -0.2) is 0 Å². The maximum atomic E-state index is 5.24. The normalized spacial score (nSPS) is 26.6. The molecule has 0 radical (unpaired) electrons. The summed E-state index contributed by atoms with van der Waals surface area (Å²) in [5.74, 6) is 0.953. The van der Waals surface area contributed by atoms with E-state index in [4.69, 9.17) is 4.74 Å². The highest BCUT2D eigenvalue weighted by Gasteiger charge is 2.45. The average molecular weight is 314 g/mol. The Labute approximate surface area is 140 Å². The zero-order valence-electron chi connectivity index (χ0n) is 14.4. The van der Waals surface area contributed by atoms with Gasteiger partial charge in [0.25, 0.3) is 0 Å². The van der Waals surface area contributed by atoms with Crippen LogP contribution in [-0.4, -0.2) is 44.8 Å². The fourth-order valence-electron chi connectivity index (χ4n) is 4.61. The highest BCUT2D eigenvalue weighted by atomic mass is 16.5. The molecule has 0 bridgehead atoms. The molecule has 1 aromatic carbocycles. The van der Waals surface area contributed by atoms with Gasteiger partial charge in [0.05, 0.1) is 6.61 Å². The molecule has 3 nitrogen and oxygen atoms in total. The molecule has 1 aromatic rings. The van der Waals surface area contributed by atoms with Crippen molar-refractivity contribution in [3.05, 3.63) is 35.4 Å². The lowest BCUT2D eigenvalue weighted by molar-refractivity contribution is 0.107. The summed E-state index contributed by atoms with van der Waals surface area (Å²) in [5.41, 5.74) is 3.64. The molecule has 1 heterocycles. The van der Waals surface area contributed by atoms with Gasteiger partial charge in [-0.15, -0.1) is 0 Å². The third kappa shape index (κ3) is 3.19. The SMILES string of the molecule is COCCN1CCC2(CC1)CC(NCC1CC1)c1ccccc12. The molecule has 1 unspecified atom stereocenters. The predicted octanol–water partition coefficient (Wildman–Crippen LogP) is 3.11. The van der Waals surface area contributed by atoms with Crippen molar-refractivity contribution in [2.24, 2.45) is 5.92 Å². The Morgan fingerprint density at radius 1 is 1.22 bits per heavy atom. The molecule has 1 N–H and O–H groups in total. The van der Waals surface area contributed by atoms with E-state index in [1.54, 1.807) is 18.2 Å². The quantitative estimate of drug-likeness (QED) is 0.873. The third-order valence-electron chi connectivity index (χ3n) is 6.28. The summed E-state index contributed by atoms with van der Waals surface area (Å²) in [7, 11) is 1.80. The van der Waals surface area contributed by atoms with Gasteiger partial charge in [0.2, 0.25) is 0 Å². The molecule has 23 heavy (non-hydrogen) atoms. The molecular weight excluding hydrogens is 284 g/mol. The summed E-state index contributed by atoms with van der Waals surface area (Å²) >= 11 is 0. The zero-order valence-corrected chi connectivity index (χ0v) is 14.4. The Hall–Kier alpha value is -0.900. The van der Waals surface area contributed by atoms with Crippen LogP contribution in [0.5, 0.6) is 0 Å². The van der Waals surface area contributed by atoms with Crippen molar-refractivity contribution < 1.29 is 4.74 Å². The van der Waals surface area contributed by atoms with Gasteiger partial charge in [-0.1, -0.05) is 24.3 Å². The summed E-state index contributed by atoms with van der Waals surface area (Å²) in [6.07, 6.45) is 6.77. The summed E-state index contributed by atoms with van der Waals surface area (Å²) in [5, 5.41) is 3.88. The standard InChI is InChI=1S/C20H30N2O/c1-23-13-12-22-10-8-20(9-11-22)14-19(21-15-16-6-7-16)17-4-2-3-5-18(17)20/h2-5,16,19,21H,6-15H2,1H3. The van der Waals surface area contributed by atoms with Crippen LogP contribution in [0.2, 0.25) is 0 Å². The van der Waals surface area contributed by atoms with Gasteiger partial charge in [-0.3, -0.25) is 0 Å². The molecule has 126 valence electrons. The summed E-state index contributed by atoms with van der Waals surface area (Å²) < 4.78 is 5.24. The van der Waals surface area contributed by atoms with Gasteiger partial charge in [-0.05, 0) is 74.2 Å². The van der Waals surface area contributed by atoms with Crippen molar-refractivity contribution in [3.8, 4) is 0 Å². The average Bonchev–Trinajstić information content (AvgIpc) is 3.38. The van der Waals surface area contributed by atoms with Crippen molar-refractivity contribution in [3.63, 3.8) is 0 Å². The van der Waals surface area contributed by atoms with Crippen LogP contribution < -0.4 is 5.32 Å². The fraction of sp³-hybridized carbons (Fsp3) is 0.700. The minimum Gasteiger partial charge on any atom is -0.383 e. The van der Waals surface area contributed by atoms with E-state index in [2.05, 4.69) is 34.5 Å². The van der Waals surface area contributed by atoms with Gasteiger partial charge < -0.3 is 15.0 Å². The minimum atomic E-state index is 0.418. The summed E-state index contributed by atoms with van der Waals surface area (Å²) in [4.78, 5) is 2.57. The Bertz CT molecular complexity index is 532. The highest BCUT2D eigenvalue weighted by molar-refractivity contribution is 5.42. The molecule has 1 aliphatic heterocycles. The number of piperidine rings is 1. The molecule has 1 spiro atoms. The zero-order chi connectivity index (χ0) is 15.7. The van der Waals surface area contributed by atoms with Gasteiger partial charge in [-0.2, -0.15) is 0 Å². The number of fused-ring (bicyclic) bond motifs is 2. The molecule has 0 aromatic heterocycles. The predicted molar refractivity (Wildman–Crippen MR) is 93.8 cm³/mol. The van der Waals surface area contributed by atoms with Crippen molar-refractivity contribution in [2.45, 2.75) is 43.6 Å². The van der Waals surface area contributed by atoms with E-state index in [0.29, 0.717) is 11.5 Å². The van der Waals surface area contributed by atoms with Crippen molar-refractivity contribution in [1.82, 2.24) is 10.2 Å². The number of likely N-dealkylation sites (tertiary alicyclic amines) is 1. The molecule has 1 saturated carbocycles. The second-order valence-electron chi connectivity index (χ2n) is 7.81. The fourth-order valence-corrected chi connectivity index (χ4v) is 4.61. The smallest absolute Gasteiger partial charge is 0.0589 e. The molecular formula is C20H30N2O. The maximum Gasteiger partial charge on any atom is 0.0589 e. The lowest BCUT2D eigenvalue weighted by atomic mass is 9.73. The van der Waals surface area contributed by atoms with Crippen LogP contribution in [0.15, 0.2) is 24.3 Å². The van der Waals surface area contributed by atoms with Crippen LogP contribution in [0.3, 0.4) is 0 Å². The number of benzene rings is 1. The second-order valence-corrected chi connectivity index (χ2v) is 7.81. The first-order chi connectivity index (χ1) is 11.3. The van der Waals surface area contributed by atoms with E-state index in [9.17, 15) is 0 Å². The molecule has 2 fully saturated rings. The number of nitrogens with one attached hydrogen (secondary N) is 1. The van der Waals surface area contributed by atoms with E-state index in [1.165, 1.54) is 51.7 Å². The molecule has 0 amide bonds. The van der Waals surface area contributed by atoms with E-state index < -0.39 is 0 Å². The molecule has 1 saturated heterocycles. The lowest BCUT2D eigenvalue weighted by Gasteiger charge is -2.40. The van der Waals surface area contributed by atoms with Gasteiger partial charge in [0.15, 0.2) is 0 Å². The monoisotopic (exact) mass is 314 g/mol. The Morgan fingerprint density at radius 2 is 2.00 bits per heavy atom. The Kier molecular flexibility index (Phi) is 4.44. The van der Waals surface area contributed by atoms with Crippen molar-refractivity contribution in [1.29, 1.82) is 0 Å². The molecule has 4 rings (SSSR count). The molecule has 2 aliphatic carbocycles. The summed E-state index contributed by atoms with van der Waals surface area (Å²) in [6, 6.07) is 9.81. The largest absolute Gasteiger partial charge is 0.383 e. The van der Waals surface area contributed by atoms with Crippen LogP contribution in [0.25, 0.3) is 0 Å². The van der Waals surface area contributed by atoms with Gasteiger partial charge in [0.1, 0.15) is 0 Å². The Balaban J connectivity index is 1.46. The van der Waals surface area contributed by atoms with E-state index in [0.717, 1.165) is 19.1 Å². The van der Waals surface area contributed by atoms with Crippen LogP contribution >= 0.6 is 0 Å². The number of hydrogen-bond acceptors (Lipinski definition) is 3. The van der Waals surface area contributed by atoms with E-state index >= 15 is 0 Å². The van der Waals surface area contributed by atoms with Gasteiger partial charge >= 0.3 is 0 Å². The van der Waals surface area contributed by atoms with Gasteiger partial charge in [0, 0.05) is 19.7 Å². The maximum absolute atomic E-state index is 5.24. The first kappa shape index (κ1) is 15.6. The van der Waals surface area contributed by atoms with E-state index in [-0.39, 0.29) is 0 Å². The van der Waals surface area contributed by atoms with Crippen molar-refractivity contribution >= 4 is 0 Å². The molecule has 3 heteroatoms. The minimum absolute atomic E-state index is 0.418. The number of rotatable bonds is 6. The number of nitrogens with zero attached hydrogens (tertiary/aromatic N) is 1. The van der Waals surface area contributed by atoms with Crippen LogP contribution in [0.1, 0.15) is 49.3 Å². The molecule has 1 atom stereocenters. The number of methoxy groups -OCH3 is 1. The first-order valence-electron chi connectivity index (χ1n) is 9.35. The second kappa shape index (κ2) is 6.54. The van der Waals surface area contributed by atoms with Crippen LogP contribution in [-0.2, 0) is 10.2 Å². The number of hydrogen-bond donors (Lipinski definition) is 1. The topological polar surface area (TPSA) is 24.5 Å². The molecule has 3 aliphatic rings. The van der Waals surface area contributed by atoms with E-state index in [1.807, 2.05) is 0 Å². The summed E-state index contributed by atoms with van der Waals surface area (Å²) in [6.45, 7) is 5.59. The Morgan fingerprint density at radius 3 is 2.74 bits per heavy atom. The van der Waals surface area contributed by atoms with Crippen molar-refractivity contribution in [2.75, 3.05) is 39.9 Å².